The van der Waals surface area contributed by atoms with Crippen molar-refractivity contribution >= 4 is 29.0 Å². The van der Waals surface area contributed by atoms with E-state index in [4.69, 9.17) is 17.0 Å². The summed E-state index contributed by atoms with van der Waals surface area (Å²) in [6.45, 7) is 2.82. The van der Waals surface area contributed by atoms with Crippen molar-refractivity contribution in [1.29, 1.82) is 0 Å². The van der Waals surface area contributed by atoms with Gasteiger partial charge in [-0.05, 0) is 62.5 Å². The number of hydrogen-bond donors (Lipinski definition) is 1. The minimum atomic E-state index is -0.128. The van der Waals surface area contributed by atoms with Crippen molar-refractivity contribution in [3.63, 3.8) is 0 Å². The van der Waals surface area contributed by atoms with E-state index in [0.29, 0.717) is 27.8 Å². The van der Waals surface area contributed by atoms with Gasteiger partial charge in [0.05, 0.1) is 23.6 Å². The van der Waals surface area contributed by atoms with E-state index < -0.39 is 0 Å². The monoisotopic (exact) mass is 373 g/mol. The van der Waals surface area contributed by atoms with E-state index in [0.717, 1.165) is 45.4 Å². The Kier molecular flexibility index (Phi) is 4.91. The Morgan fingerprint density at radius 1 is 1.23 bits per heavy atom. The molecule has 6 nitrogen and oxygen atoms in total. The molecule has 2 fully saturated rings. The molecule has 0 radical (unpaired) electrons. The SMILES string of the molecule is O=C(c1ccc2c(=O)n(CC3CCCO3)c(=S)[nH]c2c1)N1CCCCC1. The number of nitrogens with one attached hydrogen (secondary N) is 1. The molecule has 0 bridgehead atoms. The third kappa shape index (κ3) is 3.33. The maximum absolute atomic E-state index is 12.8. The van der Waals surface area contributed by atoms with Crippen LogP contribution in [-0.4, -0.2) is 46.2 Å². The number of rotatable bonds is 3. The number of ether oxygens (including phenoxy) is 1. The van der Waals surface area contributed by atoms with Crippen LogP contribution in [-0.2, 0) is 11.3 Å². The Bertz CT molecular complexity index is 937. The number of carbonyl (C=O) groups is 1. The molecule has 0 spiro atoms. The van der Waals surface area contributed by atoms with Crippen LogP contribution in [0.4, 0.5) is 0 Å². The van der Waals surface area contributed by atoms with Crippen molar-refractivity contribution in [2.75, 3.05) is 19.7 Å². The van der Waals surface area contributed by atoms with Crippen LogP contribution in [0.15, 0.2) is 23.0 Å². The molecule has 1 aromatic carbocycles. The molecule has 26 heavy (non-hydrogen) atoms. The predicted octanol–water partition coefficient (Wildman–Crippen LogP) is 2.86. The lowest BCUT2D eigenvalue weighted by Gasteiger charge is -2.26. The van der Waals surface area contributed by atoms with Crippen LogP contribution < -0.4 is 5.56 Å². The summed E-state index contributed by atoms with van der Waals surface area (Å²) in [6.07, 6.45) is 5.29. The Hall–Kier alpha value is -1.99. The molecule has 0 aliphatic carbocycles. The zero-order valence-electron chi connectivity index (χ0n) is 14.7. The summed E-state index contributed by atoms with van der Waals surface area (Å²) >= 11 is 5.39. The first kappa shape index (κ1) is 17.4. The predicted molar refractivity (Wildman–Crippen MR) is 102 cm³/mol. The average molecular weight is 373 g/mol. The molecule has 2 aliphatic rings. The van der Waals surface area contributed by atoms with Crippen LogP contribution in [0, 0.1) is 4.77 Å². The second-order valence-corrected chi connectivity index (χ2v) is 7.48. The average Bonchev–Trinajstić information content (AvgIpc) is 3.18. The summed E-state index contributed by atoms with van der Waals surface area (Å²) in [5.74, 6) is 0.0226. The maximum Gasteiger partial charge on any atom is 0.262 e. The van der Waals surface area contributed by atoms with Gasteiger partial charge in [-0.2, -0.15) is 0 Å². The molecule has 1 aromatic heterocycles. The number of aromatic amines is 1. The number of aromatic nitrogens is 2. The van der Waals surface area contributed by atoms with Gasteiger partial charge in [-0.15, -0.1) is 0 Å². The molecule has 138 valence electrons. The summed E-state index contributed by atoms with van der Waals surface area (Å²) in [4.78, 5) is 30.6. The lowest BCUT2D eigenvalue weighted by Crippen LogP contribution is -2.35. The van der Waals surface area contributed by atoms with Crippen molar-refractivity contribution < 1.29 is 9.53 Å². The highest BCUT2D eigenvalue weighted by Gasteiger charge is 2.20. The Balaban J connectivity index is 1.67. The quantitative estimate of drug-likeness (QED) is 0.840. The smallest absolute Gasteiger partial charge is 0.262 e. The van der Waals surface area contributed by atoms with Gasteiger partial charge in [0.25, 0.3) is 11.5 Å². The molecule has 3 heterocycles. The first-order chi connectivity index (χ1) is 12.6. The largest absolute Gasteiger partial charge is 0.376 e. The van der Waals surface area contributed by atoms with Gasteiger partial charge in [0.2, 0.25) is 0 Å². The fourth-order valence-electron chi connectivity index (χ4n) is 3.82. The van der Waals surface area contributed by atoms with E-state index >= 15 is 0 Å². The number of benzene rings is 1. The van der Waals surface area contributed by atoms with Crippen LogP contribution >= 0.6 is 12.2 Å². The number of H-pyrrole nitrogens is 1. The van der Waals surface area contributed by atoms with Crippen molar-refractivity contribution in [1.82, 2.24) is 14.5 Å². The van der Waals surface area contributed by atoms with Gasteiger partial charge in [-0.3, -0.25) is 14.2 Å². The molecule has 7 heteroatoms. The van der Waals surface area contributed by atoms with Crippen molar-refractivity contribution in [3.05, 3.63) is 38.9 Å². The molecular weight excluding hydrogens is 350 g/mol. The summed E-state index contributed by atoms with van der Waals surface area (Å²) in [5.41, 5.74) is 1.09. The maximum atomic E-state index is 12.8. The number of amides is 1. The highest BCUT2D eigenvalue weighted by atomic mass is 32.1. The van der Waals surface area contributed by atoms with Crippen LogP contribution in [0.3, 0.4) is 0 Å². The fraction of sp³-hybridized carbons (Fsp3) is 0.526. The molecule has 2 aromatic rings. The number of carbonyl (C=O) groups excluding carboxylic acids is 1. The van der Waals surface area contributed by atoms with Crippen molar-refractivity contribution in [2.45, 2.75) is 44.8 Å². The van der Waals surface area contributed by atoms with Gasteiger partial charge in [0.1, 0.15) is 0 Å². The van der Waals surface area contributed by atoms with E-state index in [1.165, 1.54) is 6.42 Å². The van der Waals surface area contributed by atoms with Crippen LogP contribution in [0.1, 0.15) is 42.5 Å². The van der Waals surface area contributed by atoms with Gasteiger partial charge in [0, 0.05) is 25.3 Å². The highest BCUT2D eigenvalue weighted by molar-refractivity contribution is 7.71. The third-order valence-corrected chi connectivity index (χ3v) is 5.60. The van der Waals surface area contributed by atoms with E-state index in [1.807, 2.05) is 4.90 Å². The lowest BCUT2D eigenvalue weighted by atomic mass is 10.1. The van der Waals surface area contributed by atoms with Gasteiger partial charge in [-0.25, -0.2) is 0 Å². The van der Waals surface area contributed by atoms with Crippen LogP contribution in [0.5, 0.6) is 0 Å². The zero-order valence-corrected chi connectivity index (χ0v) is 15.5. The molecule has 1 unspecified atom stereocenters. The molecule has 1 N–H and O–H groups in total. The number of hydrogen-bond acceptors (Lipinski definition) is 4. The van der Waals surface area contributed by atoms with Crippen molar-refractivity contribution in [2.24, 2.45) is 0 Å². The third-order valence-electron chi connectivity index (χ3n) is 5.28. The molecule has 1 atom stereocenters. The molecular formula is C19H23N3O3S. The van der Waals surface area contributed by atoms with Gasteiger partial charge in [0.15, 0.2) is 4.77 Å². The zero-order chi connectivity index (χ0) is 18.1. The summed E-state index contributed by atoms with van der Waals surface area (Å²) in [7, 11) is 0. The standard InChI is InChI=1S/C19H23N3O3S/c23-17(21-8-2-1-3-9-21)13-6-7-15-16(11-13)20-19(26)22(18(15)24)12-14-5-4-10-25-14/h6-7,11,14H,1-5,8-10,12H2,(H,20,26). The minimum absolute atomic E-state index is 0.0226. The first-order valence-electron chi connectivity index (χ1n) is 9.31. The summed E-state index contributed by atoms with van der Waals surface area (Å²) < 4.78 is 7.57. The molecule has 4 rings (SSSR count). The second kappa shape index (κ2) is 7.32. The topological polar surface area (TPSA) is 67.3 Å². The van der Waals surface area contributed by atoms with Crippen molar-refractivity contribution in [3.8, 4) is 0 Å². The van der Waals surface area contributed by atoms with E-state index in [-0.39, 0.29) is 17.6 Å². The van der Waals surface area contributed by atoms with Gasteiger partial charge < -0.3 is 14.6 Å². The highest BCUT2D eigenvalue weighted by Crippen LogP contribution is 2.17. The van der Waals surface area contributed by atoms with Crippen LogP contribution in [0.25, 0.3) is 10.9 Å². The van der Waals surface area contributed by atoms with Gasteiger partial charge >= 0.3 is 0 Å². The minimum Gasteiger partial charge on any atom is -0.376 e. The second-order valence-electron chi connectivity index (χ2n) is 7.09. The Morgan fingerprint density at radius 2 is 2.04 bits per heavy atom. The van der Waals surface area contributed by atoms with E-state index in [2.05, 4.69) is 4.98 Å². The number of fused-ring (bicyclic) bond motifs is 1. The molecule has 0 saturated carbocycles. The lowest BCUT2D eigenvalue weighted by molar-refractivity contribution is 0.0724. The Labute approximate surface area is 156 Å². The fourth-order valence-corrected chi connectivity index (χ4v) is 4.09. The number of nitrogens with zero attached hydrogens (tertiary/aromatic N) is 2. The normalized spacial score (nSPS) is 20.6. The van der Waals surface area contributed by atoms with E-state index in [9.17, 15) is 9.59 Å². The Morgan fingerprint density at radius 3 is 2.77 bits per heavy atom. The molecule has 1 amide bonds. The molecule has 2 saturated heterocycles. The van der Waals surface area contributed by atoms with E-state index in [1.54, 1.807) is 22.8 Å². The van der Waals surface area contributed by atoms with Crippen LogP contribution in [0.2, 0.25) is 0 Å². The number of likely N-dealkylation sites (tertiary alicyclic amines) is 1. The first-order valence-corrected chi connectivity index (χ1v) is 9.72. The van der Waals surface area contributed by atoms with Gasteiger partial charge in [-0.1, -0.05) is 0 Å². The molecule has 2 aliphatic heterocycles. The summed E-state index contributed by atoms with van der Waals surface area (Å²) in [6, 6.07) is 5.22. The number of piperidine rings is 1. The summed E-state index contributed by atoms with van der Waals surface area (Å²) in [5, 5.41) is 0.548.